The molecule has 3 rings (SSSR count). The number of carbonyl (C=O) groups is 2. The number of amides is 2. The normalized spacial score (nSPS) is 17.0. The lowest BCUT2D eigenvalue weighted by molar-refractivity contribution is -0.385. The van der Waals surface area contributed by atoms with E-state index in [2.05, 4.69) is 10.5 Å². The van der Waals surface area contributed by atoms with Crippen LogP contribution in [0.1, 0.15) is 17.7 Å². The molecule has 1 aromatic carbocycles. The molecule has 1 fully saturated rings. The Balaban J connectivity index is 1.75. The maximum absolute atomic E-state index is 12.3. The predicted molar refractivity (Wildman–Crippen MR) is 88.2 cm³/mol. The van der Waals surface area contributed by atoms with E-state index >= 15 is 0 Å². The fraction of sp³-hybridized carbons (Fsp3) is 0.312. The lowest BCUT2D eigenvalue weighted by Gasteiger charge is -2.16. The molecule has 0 aliphatic carbocycles. The van der Waals surface area contributed by atoms with Crippen molar-refractivity contribution < 1.29 is 19.0 Å². The zero-order valence-electron chi connectivity index (χ0n) is 13.7. The molecule has 1 N–H and O–H groups in total. The Labute approximate surface area is 142 Å². The van der Waals surface area contributed by atoms with Crippen LogP contribution in [0, 0.1) is 29.9 Å². The van der Waals surface area contributed by atoms with Gasteiger partial charge in [0.15, 0.2) is 5.82 Å². The van der Waals surface area contributed by atoms with Gasteiger partial charge in [-0.25, -0.2) is 0 Å². The summed E-state index contributed by atoms with van der Waals surface area (Å²) in [6, 6.07) is 6.16. The molecule has 0 spiro atoms. The van der Waals surface area contributed by atoms with Gasteiger partial charge in [0, 0.05) is 30.7 Å². The van der Waals surface area contributed by atoms with Crippen LogP contribution in [0.25, 0.3) is 0 Å². The lowest BCUT2D eigenvalue weighted by atomic mass is 10.1. The molecule has 9 heteroatoms. The topological polar surface area (TPSA) is 119 Å². The van der Waals surface area contributed by atoms with Crippen molar-refractivity contribution in [2.45, 2.75) is 20.3 Å². The van der Waals surface area contributed by atoms with Crippen LogP contribution in [0.15, 0.2) is 28.8 Å². The highest BCUT2D eigenvalue weighted by molar-refractivity contribution is 6.03. The van der Waals surface area contributed by atoms with E-state index in [0.29, 0.717) is 22.8 Å². The first-order valence-electron chi connectivity index (χ1n) is 7.64. The van der Waals surface area contributed by atoms with Crippen molar-refractivity contribution in [3.8, 4) is 0 Å². The Morgan fingerprint density at radius 1 is 1.40 bits per heavy atom. The molecule has 0 radical (unpaired) electrons. The molecular weight excluding hydrogens is 328 g/mol. The number of hydrogen-bond donors (Lipinski definition) is 1. The molecule has 1 aliphatic rings. The number of anilines is 2. The van der Waals surface area contributed by atoms with E-state index in [1.165, 1.54) is 11.0 Å². The van der Waals surface area contributed by atoms with Crippen LogP contribution < -0.4 is 10.2 Å². The Hall–Kier alpha value is -3.23. The molecule has 2 heterocycles. The number of benzene rings is 1. The van der Waals surface area contributed by atoms with Crippen LogP contribution >= 0.6 is 0 Å². The maximum atomic E-state index is 12.3. The van der Waals surface area contributed by atoms with E-state index in [1.807, 2.05) is 0 Å². The molecule has 1 aliphatic heterocycles. The number of aryl methyl sites for hydroxylation is 2. The maximum Gasteiger partial charge on any atom is 0.274 e. The summed E-state index contributed by atoms with van der Waals surface area (Å²) in [6.45, 7) is 3.49. The molecule has 1 saturated heterocycles. The van der Waals surface area contributed by atoms with Gasteiger partial charge in [-0.05, 0) is 19.9 Å². The number of nitrogens with zero attached hydrogens (tertiary/aromatic N) is 3. The van der Waals surface area contributed by atoms with E-state index in [9.17, 15) is 19.7 Å². The molecule has 0 saturated carbocycles. The molecule has 130 valence electrons. The van der Waals surface area contributed by atoms with Crippen molar-refractivity contribution in [1.29, 1.82) is 0 Å². The fourth-order valence-corrected chi connectivity index (χ4v) is 2.75. The molecular formula is C16H16N4O5. The third-order valence-corrected chi connectivity index (χ3v) is 4.08. The summed E-state index contributed by atoms with van der Waals surface area (Å²) in [6.07, 6.45) is 0.0321. The summed E-state index contributed by atoms with van der Waals surface area (Å²) in [5.74, 6) is -0.309. The molecule has 1 atom stereocenters. The number of nitro groups is 1. The second kappa shape index (κ2) is 6.34. The average molecular weight is 344 g/mol. The van der Waals surface area contributed by atoms with Crippen molar-refractivity contribution in [1.82, 2.24) is 5.16 Å². The zero-order chi connectivity index (χ0) is 18.1. The van der Waals surface area contributed by atoms with Gasteiger partial charge in [0.05, 0.1) is 16.5 Å². The van der Waals surface area contributed by atoms with Gasteiger partial charge in [0.2, 0.25) is 11.8 Å². The van der Waals surface area contributed by atoms with Crippen molar-refractivity contribution in [2.24, 2.45) is 5.92 Å². The summed E-state index contributed by atoms with van der Waals surface area (Å²) >= 11 is 0. The number of hydrogen-bond acceptors (Lipinski definition) is 6. The third-order valence-electron chi connectivity index (χ3n) is 4.08. The number of rotatable bonds is 4. The summed E-state index contributed by atoms with van der Waals surface area (Å²) < 4.78 is 4.88. The van der Waals surface area contributed by atoms with Gasteiger partial charge >= 0.3 is 0 Å². The summed E-state index contributed by atoms with van der Waals surface area (Å²) in [4.78, 5) is 36.5. The predicted octanol–water partition coefficient (Wildman–Crippen LogP) is 2.19. The van der Waals surface area contributed by atoms with Gasteiger partial charge in [-0.2, -0.15) is 0 Å². The Morgan fingerprint density at radius 3 is 2.80 bits per heavy atom. The van der Waals surface area contributed by atoms with Crippen LogP contribution in [0.5, 0.6) is 0 Å². The lowest BCUT2D eigenvalue weighted by Crippen LogP contribution is -2.28. The van der Waals surface area contributed by atoms with E-state index in [1.54, 1.807) is 32.0 Å². The monoisotopic (exact) mass is 344 g/mol. The fourth-order valence-electron chi connectivity index (χ4n) is 2.75. The van der Waals surface area contributed by atoms with Gasteiger partial charge in [-0.15, -0.1) is 0 Å². The molecule has 2 amide bonds. The number of aromatic nitrogens is 1. The number of nitro benzene ring substituents is 1. The van der Waals surface area contributed by atoms with Gasteiger partial charge in [-0.3, -0.25) is 19.7 Å². The average Bonchev–Trinajstić information content (AvgIpc) is 3.13. The number of nitrogens with one attached hydrogen (secondary N) is 1. The Bertz CT molecular complexity index is 860. The summed E-state index contributed by atoms with van der Waals surface area (Å²) in [5, 5.41) is 17.4. The molecule has 0 unspecified atom stereocenters. The van der Waals surface area contributed by atoms with Crippen LogP contribution in [-0.4, -0.2) is 28.4 Å². The van der Waals surface area contributed by atoms with Gasteiger partial charge in [0.1, 0.15) is 5.76 Å². The van der Waals surface area contributed by atoms with Crippen LogP contribution in [0.4, 0.5) is 17.2 Å². The summed E-state index contributed by atoms with van der Waals surface area (Å²) in [5.41, 5.74) is 0.863. The minimum atomic E-state index is -0.565. The minimum absolute atomic E-state index is 0.0321. The Kier molecular flexibility index (Phi) is 4.22. The standard InChI is InChI=1S/C16H16N4O5/c1-9-3-4-12(7-13(9)20(23)24)19-8-11(6-15(19)21)16(22)17-14-5-10(2)25-18-14/h3-5,7,11H,6,8H2,1-2H3,(H,17,18,22)/t11-/m1/s1. The third kappa shape index (κ3) is 3.35. The van der Waals surface area contributed by atoms with Gasteiger partial charge < -0.3 is 14.7 Å². The van der Waals surface area contributed by atoms with Crippen molar-refractivity contribution in [2.75, 3.05) is 16.8 Å². The quantitative estimate of drug-likeness (QED) is 0.671. The SMILES string of the molecule is Cc1cc(NC(=O)[C@@H]2CC(=O)N(c3ccc(C)c([N+](=O)[O-])c3)C2)no1. The first kappa shape index (κ1) is 16.6. The second-order valence-corrected chi connectivity index (χ2v) is 5.95. The van der Waals surface area contributed by atoms with Gasteiger partial charge in [-0.1, -0.05) is 11.2 Å². The van der Waals surface area contributed by atoms with Crippen molar-refractivity contribution in [3.05, 3.63) is 45.7 Å². The first-order chi connectivity index (χ1) is 11.8. The molecule has 1 aromatic heterocycles. The molecule has 0 bridgehead atoms. The van der Waals surface area contributed by atoms with Crippen LogP contribution in [0.3, 0.4) is 0 Å². The summed E-state index contributed by atoms with van der Waals surface area (Å²) in [7, 11) is 0. The van der Waals surface area contributed by atoms with Crippen molar-refractivity contribution in [3.63, 3.8) is 0 Å². The molecule has 2 aromatic rings. The smallest absolute Gasteiger partial charge is 0.274 e. The van der Waals surface area contributed by atoms with Crippen LogP contribution in [-0.2, 0) is 9.59 Å². The second-order valence-electron chi connectivity index (χ2n) is 5.95. The zero-order valence-corrected chi connectivity index (χ0v) is 13.7. The first-order valence-corrected chi connectivity index (χ1v) is 7.64. The highest BCUT2D eigenvalue weighted by atomic mass is 16.6. The van der Waals surface area contributed by atoms with E-state index in [0.717, 1.165) is 0 Å². The van der Waals surface area contributed by atoms with E-state index in [4.69, 9.17) is 4.52 Å². The van der Waals surface area contributed by atoms with E-state index in [-0.39, 0.29) is 30.5 Å². The molecule has 9 nitrogen and oxygen atoms in total. The molecule has 25 heavy (non-hydrogen) atoms. The minimum Gasteiger partial charge on any atom is -0.360 e. The van der Waals surface area contributed by atoms with E-state index < -0.39 is 10.8 Å². The van der Waals surface area contributed by atoms with Crippen molar-refractivity contribution >= 4 is 29.0 Å². The van der Waals surface area contributed by atoms with Crippen LogP contribution in [0.2, 0.25) is 0 Å². The highest BCUT2D eigenvalue weighted by Crippen LogP contribution is 2.30. The number of carbonyl (C=O) groups excluding carboxylic acids is 2. The Morgan fingerprint density at radius 2 is 2.16 bits per heavy atom. The largest absolute Gasteiger partial charge is 0.360 e. The van der Waals surface area contributed by atoms with Gasteiger partial charge in [0.25, 0.3) is 5.69 Å². The highest BCUT2D eigenvalue weighted by Gasteiger charge is 2.36.